The molecule has 0 aliphatic carbocycles. The number of amides is 3. The van der Waals surface area contributed by atoms with Gasteiger partial charge in [0.15, 0.2) is 0 Å². The van der Waals surface area contributed by atoms with Gasteiger partial charge in [-0.1, -0.05) is 0 Å². The predicted molar refractivity (Wildman–Crippen MR) is 63.5 cm³/mol. The lowest BCUT2D eigenvalue weighted by Crippen LogP contribution is -2.52. The van der Waals surface area contributed by atoms with E-state index in [4.69, 9.17) is 5.73 Å². The number of carbonyl (C=O) groups is 3. The van der Waals surface area contributed by atoms with Crippen LogP contribution in [0.4, 0.5) is 5.69 Å². The zero-order valence-corrected chi connectivity index (χ0v) is 9.90. The molecule has 0 radical (unpaired) electrons. The van der Waals surface area contributed by atoms with E-state index in [1.807, 2.05) is 0 Å². The predicted octanol–water partition coefficient (Wildman–Crippen LogP) is -0.858. The monoisotopic (exact) mass is 250 g/mol. The SMILES string of the molecule is Cn1cc(N)cc1C(=O)NC1CCC(=O)NC1=O. The fourth-order valence-corrected chi connectivity index (χ4v) is 1.88. The first kappa shape index (κ1) is 12.2. The van der Waals surface area contributed by atoms with Gasteiger partial charge in [0.2, 0.25) is 11.8 Å². The zero-order valence-electron chi connectivity index (χ0n) is 9.90. The van der Waals surface area contributed by atoms with Gasteiger partial charge >= 0.3 is 0 Å². The van der Waals surface area contributed by atoms with Crippen LogP contribution in [0.1, 0.15) is 23.3 Å². The molecule has 1 atom stereocenters. The van der Waals surface area contributed by atoms with Crippen molar-refractivity contribution < 1.29 is 14.4 Å². The van der Waals surface area contributed by atoms with Crippen LogP contribution in [0.15, 0.2) is 12.3 Å². The number of nitrogens with zero attached hydrogens (tertiary/aromatic N) is 1. The number of anilines is 1. The van der Waals surface area contributed by atoms with Gasteiger partial charge in [0.25, 0.3) is 5.91 Å². The summed E-state index contributed by atoms with van der Waals surface area (Å²) in [6.07, 6.45) is 2.15. The van der Waals surface area contributed by atoms with Crippen molar-refractivity contribution in [3.05, 3.63) is 18.0 Å². The van der Waals surface area contributed by atoms with E-state index in [1.54, 1.807) is 17.8 Å². The molecule has 4 N–H and O–H groups in total. The summed E-state index contributed by atoms with van der Waals surface area (Å²) in [5.74, 6) is -1.17. The number of carbonyl (C=O) groups excluding carboxylic acids is 3. The highest BCUT2D eigenvalue weighted by Gasteiger charge is 2.28. The van der Waals surface area contributed by atoms with Crippen molar-refractivity contribution in [2.45, 2.75) is 18.9 Å². The summed E-state index contributed by atoms with van der Waals surface area (Å²) >= 11 is 0. The number of nitrogens with two attached hydrogens (primary N) is 1. The molecule has 7 nitrogen and oxygen atoms in total. The molecule has 1 aromatic heterocycles. The summed E-state index contributed by atoms with van der Waals surface area (Å²) in [5.41, 5.74) is 6.42. The van der Waals surface area contributed by atoms with Crippen LogP contribution in [0.2, 0.25) is 0 Å². The molecule has 2 rings (SSSR count). The molecule has 96 valence electrons. The standard InChI is InChI=1S/C11H14N4O3/c1-15-5-6(12)4-8(15)11(18)13-7-2-3-9(16)14-10(7)17/h4-5,7H,2-3,12H2,1H3,(H,13,18)(H,14,16,17). The van der Waals surface area contributed by atoms with Gasteiger partial charge in [0.05, 0.1) is 5.69 Å². The molecule has 3 amide bonds. The molecule has 1 aromatic rings. The number of rotatable bonds is 2. The second-order valence-corrected chi connectivity index (χ2v) is 4.25. The summed E-state index contributed by atoms with van der Waals surface area (Å²) in [7, 11) is 1.69. The van der Waals surface area contributed by atoms with Crippen molar-refractivity contribution in [1.82, 2.24) is 15.2 Å². The topological polar surface area (TPSA) is 106 Å². The van der Waals surface area contributed by atoms with E-state index in [9.17, 15) is 14.4 Å². The minimum Gasteiger partial charge on any atom is -0.397 e. The van der Waals surface area contributed by atoms with Crippen LogP contribution < -0.4 is 16.4 Å². The summed E-state index contributed by atoms with van der Waals surface area (Å²) < 4.78 is 1.58. The average molecular weight is 250 g/mol. The molecule has 1 fully saturated rings. The highest BCUT2D eigenvalue weighted by atomic mass is 16.2. The maximum Gasteiger partial charge on any atom is 0.268 e. The molecule has 0 bridgehead atoms. The number of aromatic nitrogens is 1. The van der Waals surface area contributed by atoms with Crippen molar-refractivity contribution in [1.29, 1.82) is 0 Å². The Morgan fingerprint density at radius 2 is 2.28 bits per heavy atom. The van der Waals surface area contributed by atoms with Gasteiger partial charge in [-0.25, -0.2) is 0 Å². The summed E-state index contributed by atoms with van der Waals surface area (Å²) in [6, 6.07) is 0.854. The smallest absolute Gasteiger partial charge is 0.268 e. The Hall–Kier alpha value is -2.31. The third-order valence-electron chi connectivity index (χ3n) is 2.80. The van der Waals surface area contributed by atoms with Gasteiger partial charge in [0.1, 0.15) is 11.7 Å². The molecule has 1 aliphatic rings. The molecule has 1 saturated heterocycles. The first-order valence-corrected chi connectivity index (χ1v) is 5.54. The molecule has 0 spiro atoms. The van der Waals surface area contributed by atoms with Crippen molar-refractivity contribution in [3.8, 4) is 0 Å². The number of hydrogen-bond donors (Lipinski definition) is 3. The van der Waals surface area contributed by atoms with Crippen LogP contribution >= 0.6 is 0 Å². The normalized spacial score (nSPS) is 19.5. The van der Waals surface area contributed by atoms with Gasteiger partial charge in [-0.2, -0.15) is 0 Å². The van der Waals surface area contributed by atoms with Crippen molar-refractivity contribution >= 4 is 23.4 Å². The Labute approximate surface area is 103 Å². The Morgan fingerprint density at radius 1 is 1.56 bits per heavy atom. The van der Waals surface area contributed by atoms with Crippen LogP contribution in [0.5, 0.6) is 0 Å². The first-order chi connectivity index (χ1) is 8.47. The number of imide groups is 1. The minimum atomic E-state index is -0.675. The maximum atomic E-state index is 11.9. The Balaban J connectivity index is 2.06. The number of hydrogen-bond acceptors (Lipinski definition) is 4. The van der Waals surface area contributed by atoms with Gasteiger partial charge in [0, 0.05) is 19.7 Å². The lowest BCUT2D eigenvalue weighted by molar-refractivity contribution is -0.134. The fourth-order valence-electron chi connectivity index (χ4n) is 1.88. The van der Waals surface area contributed by atoms with Crippen LogP contribution in [0.25, 0.3) is 0 Å². The maximum absolute atomic E-state index is 11.9. The van der Waals surface area contributed by atoms with Crippen LogP contribution in [-0.2, 0) is 16.6 Å². The second kappa shape index (κ2) is 4.52. The molecule has 1 aliphatic heterocycles. The summed E-state index contributed by atoms with van der Waals surface area (Å²) in [5, 5.41) is 4.76. The Bertz CT molecular complexity index is 520. The number of piperidine rings is 1. The molecule has 7 heteroatoms. The van der Waals surface area contributed by atoms with Gasteiger partial charge in [-0.15, -0.1) is 0 Å². The summed E-state index contributed by atoms with van der Waals surface area (Å²) in [4.78, 5) is 34.4. The van der Waals surface area contributed by atoms with Crippen LogP contribution in [-0.4, -0.2) is 28.3 Å². The molecule has 2 heterocycles. The van der Waals surface area contributed by atoms with E-state index in [2.05, 4.69) is 10.6 Å². The average Bonchev–Trinajstić information content (AvgIpc) is 2.62. The van der Waals surface area contributed by atoms with E-state index < -0.39 is 11.9 Å². The first-order valence-electron chi connectivity index (χ1n) is 5.54. The minimum absolute atomic E-state index is 0.228. The van der Waals surface area contributed by atoms with Crippen molar-refractivity contribution in [3.63, 3.8) is 0 Å². The van der Waals surface area contributed by atoms with Crippen molar-refractivity contribution in [2.75, 3.05) is 5.73 Å². The molecular formula is C11H14N4O3. The quantitative estimate of drug-likeness (QED) is 0.594. The highest BCUT2D eigenvalue weighted by molar-refractivity contribution is 6.03. The largest absolute Gasteiger partial charge is 0.397 e. The fraction of sp³-hybridized carbons (Fsp3) is 0.364. The number of nitrogen functional groups attached to an aromatic ring is 1. The summed E-state index contributed by atoms with van der Waals surface area (Å²) in [6.45, 7) is 0. The Kier molecular flexibility index (Phi) is 3.05. The van der Waals surface area contributed by atoms with Gasteiger partial charge < -0.3 is 15.6 Å². The lowest BCUT2D eigenvalue weighted by atomic mass is 10.1. The number of aryl methyl sites for hydroxylation is 1. The van der Waals surface area contributed by atoms with Gasteiger partial charge in [-0.05, 0) is 12.5 Å². The van der Waals surface area contributed by atoms with E-state index >= 15 is 0 Å². The zero-order chi connectivity index (χ0) is 13.3. The van der Waals surface area contributed by atoms with Crippen molar-refractivity contribution in [2.24, 2.45) is 7.05 Å². The number of nitrogens with one attached hydrogen (secondary N) is 2. The van der Waals surface area contributed by atoms with Crippen LogP contribution in [0, 0.1) is 0 Å². The molecule has 1 unspecified atom stereocenters. The van der Waals surface area contributed by atoms with E-state index in [1.165, 1.54) is 6.07 Å². The lowest BCUT2D eigenvalue weighted by Gasteiger charge is -2.21. The van der Waals surface area contributed by atoms with E-state index in [0.717, 1.165) is 0 Å². The highest BCUT2D eigenvalue weighted by Crippen LogP contribution is 2.10. The molecular weight excluding hydrogens is 236 g/mol. The molecule has 0 aromatic carbocycles. The Morgan fingerprint density at radius 3 is 2.83 bits per heavy atom. The molecule has 0 saturated carbocycles. The van der Waals surface area contributed by atoms with E-state index in [0.29, 0.717) is 17.8 Å². The van der Waals surface area contributed by atoms with Crippen LogP contribution in [0.3, 0.4) is 0 Å². The molecule has 18 heavy (non-hydrogen) atoms. The third-order valence-corrected chi connectivity index (χ3v) is 2.80. The second-order valence-electron chi connectivity index (χ2n) is 4.25. The van der Waals surface area contributed by atoms with E-state index in [-0.39, 0.29) is 18.2 Å². The van der Waals surface area contributed by atoms with Gasteiger partial charge in [-0.3, -0.25) is 19.7 Å². The third kappa shape index (κ3) is 2.34.